The van der Waals surface area contributed by atoms with Crippen LogP contribution in [0.5, 0.6) is 0 Å². The van der Waals surface area contributed by atoms with Crippen LogP contribution in [0.3, 0.4) is 0 Å². The third kappa shape index (κ3) is 4.32. The number of rotatable bonds is 5. The number of carbonyl (C=O) groups is 2. The topological polar surface area (TPSA) is 53.5 Å². The van der Waals surface area contributed by atoms with Crippen molar-refractivity contribution < 1.29 is 9.59 Å². The summed E-state index contributed by atoms with van der Waals surface area (Å²) in [7, 11) is 1.78. The number of benzene rings is 2. The van der Waals surface area contributed by atoms with Crippen LogP contribution in [0.1, 0.15) is 44.2 Å². The molecular formula is C26H29N3O2S. The van der Waals surface area contributed by atoms with Crippen molar-refractivity contribution in [2.45, 2.75) is 39.5 Å². The molecule has 0 N–H and O–H groups in total. The summed E-state index contributed by atoms with van der Waals surface area (Å²) in [6, 6.07) is 16.0. The van der Waals surface area contributed by atoms with Crippen molar-refractivity contribution in [3.63, 3.8) is 0 Å². The first-order valence-electron chi connectivity index (χ1n) is 11.1. The second-order valence-corrected chi connectivity index (χ2v) is 9.47. The average Bonchev–Trinajstić information content (AvgIpc) is 3.32. The van der Waals surface area contributed by atoms with Crippen molar-refractivity contribution in [2.24, 2.45) is 5.92 Å². The Balaban J connectivity index is 1.55. The smallest absolute Gasteiger partial charge is 0.235 e. The first-order chi connectivity index (χ1) is 15.4. The van der Waals surface area contributed by atoms with Gasteiger partial charge < -0.3 is 4.90 Å². The molecule has 2 aromatic carbocycles. The van der Waals surface area contributed by atoms with Gasteiger partial charge in [0.05, 0.1) is 11.6 Å². The van der Waals surface area contributed by atoms with E-state index in [1.54, 1.807) is 11.9 Å². The number of anilines is 2. The lowest BCUT2D eigenvalue weighted by Gasteiger charge is -2.31. The van der Waals surface area contributed by atoms with Crippen molar-refractivity contribution in [1.82, 2.24) is 4.98 Å². The van der Waals surface area contributed by atoms with E-state index >= 15 is 0 Å². The number of thiazole rings is 1. The van der Waals surface area contributed by atoms with Gasteiger partial charge in [0.15, 0.2) is 5.13 Å². The fourth-order valence-corrected chi connectivity index (χ4v) is 4.92. The van der Waals surface area contributed by atoms with Crippen LogP contribution in [0, 0.1) is 5.92 Å². The summed E-state index contributed by atoms with van der Waals surface area (Å²) in [4.78, 5) is 33.9. The number of hydrogen-bond donors (Lipinski definition) is 0. The minimum Gasteiger partial charge on any atom is -0.312 e. The lowest BCUT2D eigenvalue weighted by molar-refractivity contribution is -0.121. The molecule has 0 spiro atoms. The maximum absolute atomic E-state index is 13.0. The van der Waals surface area contributed by atoms with Crippen LogP contribution in [0.2, 0.25) is 0 Å². The van der Waals surface area contributed by atoms with Crippen molar-refractivity contribution in [3.05, 3.63) is 65.0 Å². The Hall–Kier alpha value is -2.99. The predicted octanol–water partition coefficient (Wildman–Crippen LogP) is 5.51. The zero-order chi connectivity index (χ0) is 22.8. The minimum atomic E-state index is -0.234. The Kier molecular flexibility index (Phi) is 6.42. The van der Waals surface area contributed by atoms with E-state index in [0.29, 0.717) is 5.13 Å². The molecule has 0 saturated carbocycles. The summed E-state index contributed by atoms with van der Waals surface area (Å²) in [6.07, 6.45) is 1.92. The summed E-state index contributed by atoms with van der Waals surface area (Å²) in [5, 5.41) is 2.68. The number of nitrogens with zero attached hydrogens (tertiary/aromatic N) is 3. The Morgan fingerprint density at radius 2 is 1.84 bits per heavy atom. The molecule has 0 saturated heterocycles. The highest BCUT2D eigenvalue weighted by molar-refractivity contribution is 7.14. The highest BCUT2D eigenvalue weighted by atomic mass is 32.1. The molecule has 0 fully saturated rings. The van der Waals surface area contributed by atoms with E-state index in [0.717, 1.165) is 41.9 Å². The molecule has 2 amide bonds. The maximum atomic E-state index is 13.0. The lowest BCUT2D eigenvalue weighted by Crippen LogP contribution is -2.38. The summed E-state index contributed by atoms with van der Waals surface area (Å²) in [5.74, 6) is -0.0671. The van der Waals surface area contributed by atoms with Crippen molar-refractivity contribution in [2.75, 3.05) is 23.4 Å². The monoisotopic (exact) mass is 447 g/mol. The summed E-state index contributed by atoms with van der Waals surface area (Å²) in [5.41, 5.74) is 5.06. The van der Waals surface area contributed by atoms with E-state index in [9.17, 15) is 9.59 Å². The number of aromatic nitrogens is 1. The fraction of sp³-hybridized carbons (Fsp3) is 0.346. The summed E-state index contributed by atoms with van der Waals surface area (Å²) in [6.45, 7) is 6.59. The van der Waals surface area contributed by atoms with Gasteiger partial charge in [0.25, 0.3) is 0 Å². The van der Waals surface area contributed by atoms with Gasteiger partial charge >= 0.3 is 0 Å². The predicted molar refractivity (Wildman–Crippen MR) is 131 cm³/mol. The standard InChI is InChI=1S/C26H29N3O2S/c1-17(2)24(30)29-14-8-11-21-15-20(12-13-23(21)29)22-16-32-26(27-22)28(4)25(31)18(3)19-9-6-5-7-10-19/h5-7,9-10,12-13,15-18H,8,11,14H2,1-4H3/t18-/m0/s1. The molecule has 2 heterocycles. The van der Waals surface area contributed by atoms with Crippen molar-refractivity contribution in [3.8, 4) is 11.3 Å². The van der Waals surface area contributed by atoms with E-state index in [1.807, 2.05) is 73.5 Å². The lowest BCUT2D eigenvalue weighted by atomic mass is 9.97. The van der Waals surface area contributed by atoms with Gasteiger partial charge in [0, 0.05) is 36.1 Å². The van der Waals surface area contributed by atoms with E-state index in [1.165, 1.54) is 16.9 Å². The molecule has 32 heavy (non-hydrogen) atoms. The molecule has 1 aliphatic rings. The average molecular weight is 448 g/mol. The number of likely N-dealkylation sites (N-methyl/N-ethyl adjacent to an activating group) is 1. The number of fused-ring (bicyclic) bond motifs is 1. The normalized spacial score (nSPS) is 14.2. The van der Waals surface area contributed by atoms with Crippen LogP contribution in [0.4, 0.5) is 10.8 Å². The van der Waals surface area contributed by atoms with Crippen LogP contribution in [-0.4, -0.2) is 30.4 Å². The van der Waals surface area contributed by atoms with Gasteiger partial charge in [-0.2, -0.15) is 0 Å². The van der Waals surface area contributed by atoms with E-state index in [4.69, 9.17) is 4.98 Å². The summed E-state index contributed by atoms with van der Waals surface area (Å²) < 4.78 is 0. The van der Waals surface area contributed by atoms with Crippen molar-refractivity contribution >= 4 is 34.0 Å². The van der Waals surface area contributed by atoms with Gasteiger partial charge in [-0.3, -0.25) is 14.5 Å². The van der Waals surface area contributed by atoms with Crippen LogP contribution in [0.25, 0.3) is 11.3 Å². The Bertz CT molecular complexity index is 1120. The molecule has 0 bridgehead atoms. The van der Waals surface area contributed by atoms with Gasteiger partial charge in [0.1, 0.15) is 0 Å². The van der Waals surface area contributed by atoms with Crippen LogP contribution < -0.4 is 9.80 Å². The SMILES string of the molecule is CC(C)C(=O)N1CCCc2cc(-c3csc(N(C)C(=O)[C@@H](C)c4ccccc4)n3)ccc21. The maximum Gasteiger partial charge on any atom is 0.235 e. The largest absolute Gasteiger partial charge is 0.312 e. The third-order valence-corrected chi connectivity index (χ3v) is 6.95. The number of aryl methyl sites for hydroxylation is 1. The molecule has 0 unspecified atom stereocenters. The first kappa shape index (κ1) is 22.2. The van der Waals surface area contributed by atoms with Crippen molar-refractivity contribution in [1.29, 1.82) is 0 Å². The molecule has 0 aliphatic carbocycles. The first-order valence-corrected chi connectivity index (χ1v) is 12.0. The van der Waals surface area contributed by atoms with Crippen LogP contribution in [0.15, 0.2) is 53.9 Å². The third-order valence-electron chi connectivity index (χ3n) is 6.03. The van der Waals surface area contributed by atoms with Gasteiger partial charge in [0.2, 0.25) is 11.8 Å². The molecule has 166 valence electrons. The summed E-state index contributed by atoms with van der Waals surface area (Å²) >= 11 is 1.47. The Morgan fingerprint density at radius 3 is 2.56 bits per heavy atom. The zero-order valence-electron chi connectivity index (χ0n) is 19.0. The van der Waals surface area contributed by atoms with E-state index < -0.39 is 0 Å². The van der Waals surface area contributed by atoms with Crippen LogP contribution in [-0.2, 0) is 16.0 Å². The Labute approximate surface area is 193 Å². The fourth-order valence-electron chi connectivity index (χ4n) is 4.12. The molecule has 5 nitrogen and oxygen atoms in total. The molecule has 1 atom stereocenters. The molecule has 3 aromatic rings. The minimum absolute atomic E-state index is 0.0189. The quantitative estimate of drug-likeness (QED) is 0.518. The second kappa shape index (κ2) is 9.25. The van der Waals surface area contributed by atoms with Crippen LogP contribution >= 0.6 is 11.3 Å². The Morgan fingerprint density at radius 1 is 1.09 bits per heavy atom. The van der Waals surface area contributed by atoms with Gasteiger partial charge in [-0.25, -0.2) is 4.98 Å². The molecule has 0 radical (unpaired) electrons. The molecule has 1 aliphatic heterocycles. The second-order valence-electron chi connectivity index (χ2n) is 8.64. The van der Waals surface area contributed by atoms with Gasteiger partial charge in [-0.1, -0.05) is 50.2 Å². The zero-order valence-corrected chi connectivity index (χ0v) is 19.9. The highest BCUT2D eigenvalue weighted by Gasteiger charge is 2.25. The molecular weight excluding hydrogens is 418 g/mol. The van der Waals surface area contributed by atoms with E-state index in [-0.39, 0.29) is 23.7 Å². The number of carbonyl (C=O) groups excluding carboxylic acids is 2. The molecule has 1 aromatic heterocycles. The molecule has 6 heteroatoms. The number of amides is 2. The highest BCUT2D eigenvalue weighted by Crippen LogP contribution is 2.34. The number of hydrogen-bond acceptors (Lipinski definition) is 4. The van der Waals surface area contributed by atoms with E-state index in [2.05, 4.69) is 6.07 Å². The van der Waals surface area contributed by atoms with Gasteiger partial charge in [-0.05, 0) is 43.0 Å². The molecule has 4 rings (SSSR count). The van der Waals surface area contributed by atoms with Gasteiger partial charge in [-0.15, -0.1) is 11.3 Å².